The third-order valence-electron chi connectivity index (χ3n) is 6.34. The minimum Gasteiger partial charge on any atom is -0.494 e. The SMILES string of the molecule is COc1cc(Nc2nc3c(s2)CCCC3c2ccc(C)c(C(F)(F)F)c2)ccc1-n1cnc(C)c1. The number of nitrogens with one attached hydrogen (secondary N) is 1. The fourth-order valence-electron chi connectivity index (χ4n) is 4.60. The molecule has 5 rings (SSSR count). The van der Waals surface area contributed by atoms with E-state index in [1.165, 1.54) is 13.0 Å². The molecule has 1 aliphatic carbocycles. The molecule has 0 radical (unpaired) electrons. The Bertz CT molecular complexity index is 1380. The number of thiazole rings is 1. The summed E-state index contributed by atoms with van der Waals surface area (Å²) in [4.78, 5) is 10.2. The van der Waals surface area contributed by atoms with E-state index in [1.807, 2.05) is 35.9 Å². The summed E-state index contributed by atoms with van der Waals surface area (Å²) in [6.07, 6.45) is 1.88. The van der Waals surface area contributed by atoms with Crippen molar-refractivity contribution in [3.8, 4) is 11.4 Å². The van der Waals surface area contributed by atoms with E-state index in [4.69, 9.17) is 9.72 Å². The van der Waals surface area contributed by atoms with Crippen LogP contribution in [0.4, 0.5) is 24.0 Å². The number of ether oxygens (including phenoxy) is 1. The Morgan fingerprint density at radius 1 is 1.14 bits per heavy atom. The van der Waals surface area contributed by atoms with Crippen LogP contribution in [0.2, 0.25) is 0 Å². The van der Waals surface area contributed by atoms with Crippen LogP contribution >= 0.6 is 11.3 Å². The Hall–Kier alpha value is -3.33. The lowest BCUT2D eigenvalue weighted by Crippen LogP contribution is -2.13. The largest absolute Gasteiger partial charge is 0.494 e. The van der Waals surface area contributed by atoms with Crippen LogP contribution in [0.5, 0.6) is 5.75 Å². The van der Waals surface area contributed by atoms with E-state index in [-0.39, 0.29) is 11.5 Å². The molecule has 1 N–H and O–H groups in total. The number of alkyl halides is 3. The number of anilines is 2. The van der Waals surface area contributed by atoms with Gasteiger partial charge in [0.2, 0.25) is 0 Å². The van der Waals surface area contributed by atoms with Crippen molar-refractivity contribution in [2.45, 2.75) is 45.2 Å². The van der Waals surface area contributed by atoms with Crippen LogP contribution in [0.1, 0.15) is 51.7 Å². The Balaban J connectivity index is 1.43. The number of aryl methyl sites for hydroxylation is 3. The number of hydrogen-bond donors (Lipinski definition) is 1. The number of methoxy groups -OCH3 is 1. The summed E-state index contributed by atoms with van der Waals surface area (Å²) in [6, 6.07) is 10.5. The Morgan fingerprint density at radius 3 is 2.69 bits per heavy atom. The molecule has 0 saturated heterocycles. The Morgan fingerprint density at radius 2 is 1.97 bits per heavy atom. The lowest BCUT2D eigenvalue weighted by Gasteiger charge is -2.23. The maximum atomic E-state index is 13.5. The molecule has 2 heterocycles. The van der Waals surface area contributed by atoms with Gasteiger partial charge in [0.25, 0.3) is 0 Å². The van der Waals surface area contributed by atoms with Gasteiger partial charge in [0.1, 0.15) is 5.75 Å². The smallest absolute Gasteiger partial charge is 0.416 e. The first-order valence-corrected chi connectivity index (χ1v) is 12.2. The van der Waals surface area contributed by atoms with E-state index < -0.39 is 11.7 Å². The van der Waals surface area contributed by atoms with E-state index in [1.54, 1.807) is 36.9 Å². The quantitative estimate of drug-likeness (QED) is 0.317. The lowest BCUT2D eigenvalue weighted by atomic mass is 9.84. The molecule has 2 aromatic heterocycles. The molecule has 1 atom stereocenters. The molecule has 0 bridgehead atoms. The van der Waals surface area contributed by atoms with E-state index in [0.717, 1.165) is 52.0 Å². The van der Waals surface area contributed by atoms with E-state index >= 15 is 0 Å². The van der Waals surface area contributed by atoms with Gasteiger partial charge in [-0.1, -0.05) is 12.1 Å². The van der Waals surface area contributed by atoms with Crippen molar-refractivity contribution in [1.82, 2.24) is 14.5 Å². The zero-order valence-corrected chi connectivity index (χ0v) is 20.4. The van der Waals surface area contributed by atoms with Gasteiger partial charge in [0.05, 0.1) is 36.1 Å². The monoisotopic (exact) mass is 498 g/mol. The highest BCUT2D eigenvalue weighted by molar-refractivity contribution is 7.15. The van der Waals surface area contributed by atoms with Crippen LogP contribution in [0.15, 0.2) is 48.9 Å². The van der Waals surface area contributed by atoms with Gasteiger partial charge in [-0.3, -0.25) is 0 Å². The fraction of sp³-hybridized carbons (Fsp3) is 0.308. The summed E-state index contributed by atoms with van der Waals surface area (Å²) in [6.45, 7) is 3.42. The normalized spacial score (nSPS) is 15.7. The van der Waals surface area contributed by atoms with Gasteiger partial charge in [-0.15, -0.1) is 11.3 Å². The maximum Gasteiger partial charge on any atom is 0.416 e. The molecule has 1 aliphatic rings. The molecule has 35 heavy (non-hydrogen) atoms. The van der Waals surface area contributed by atoms with E-state index in [9.17, 15) is 13.2 Å². The average Bonchev–Trinajstić information content (AvgIpc) is 3.44. The molecular formula is C26H25F3N4OS. The van der Waals surface area contributed by atoms with Crippen molar-refractivity contribution in [2.24, 2.45) is 0 Å². The third kappa shape index (κ3) is 4.65. The molecule has 1 unspecified atom stereocenters. The second kappa shape index (κ2) is 9.03. The molecule has 2 aromatic carbocycles. The second-order valence-electron chi connectivity index (χ2n) is 8.78. The third-order valence-corrected chi connectivity index (χ3v) is 7.39. The maximum absolute atomic E-state index is 13.5. The van der Waals surface area contributed by atoms with Gasteiger partial charge in [-0.25, -0.2) is 9.97 Å². The first kappa shape index (κ1) is 23.4. The van der Waals surface area contributed by atoms with Crippen molar-refractivity contribution in [3.63, 3.8) is 0 Å². The molecule has 0 fully saturated rings. The minimum atomic E-state index is -4.37. The average molecular weight is 499 g/mol. The van der Waals surface area contributed by atoms with Crippen LogP contribution in [-0.2, 0) is 12.6 Å². The Labute approximate surface area is 205 Å². The molecule has 0 aliphatic heterocycles. The highest BCUT2D eigenvalue weighted by Crippen LogP contribution is 2.43. The minimum absolute atomic E-state index is 0.145. The number of benzene rings is 2. The molecule has 4 aromatic rings. The van der Waals surface area contributed by atoms with Crippen molar-refractivity contribution < 1.29 is 17.9 Å². The standard InChI is InChI=1S/C26H25F3N4OS/c1-15-7-8-17(11-20(15)26(27,28)29)19-5-4-6-23-24(19)32-25(35-23)31-18-9-10-21(22(12-18)34-3)33-13-16(2)30-14-33/h7-14,19H,4-6H2,1-3H3,(H,31,32). The molecule has 5 nitrogen and oxygen atoms in total. The summed E-state index contributed by atoms with van der Waals surface area (Å²) >= 11 is 1.56. The second-order valence-corrected chi connectivity index (χ2v) is 9.86. The molecule has 0 saturated carbocycles. The molecule has 0 spiro atoms. The number of halogens is 3. The van der Waals surface area contributed by atoms with Gasteiger partial charge >= 0.3 is 6.18 Å². The topological polar surface area (TPSA) is 52.0 Å². The van der Waals surface area contributed by atoms with E-state index in [0.29, 0.717) is 11.3 Å². The zero-order valence-electron chi connectivity index (χ0n) is 19.6. The number of rotatable bonds is 5. The molecule has 0 amide bonds. The first-order valence-electron chi connectivity index (χ1n) is 11.4. The Kier molecular flexibility index (Phi) is 6.04. The number of imidazole rings is 1. The van der Waals surface area contributed by atoms with E-state index in [2.05, 4.69) is 10.3 Å². The number of aromatic nitrogens is 3. The summed E-state index contributed by atoms with van der Waals surface area (Å²) in [5.74, 6) is 0.541. The molecule has 9 heteroatoms. The van der Waals surface area contributed by atoms with Crippen LogP contribution < -0.4 is 10.1 Å². The fourth-order valence-corrected chi connectivity index (χ4v) is 5.69. The number of hydrogen-bond acceptors (Lipinski definition) is 5. The van der Waals surface area contributed by atoms with Gasteiger partial charge in [-0.05, 0) is 62.4 Å². The predicted molar refractivity (Wildman–Crippen MR) is 131 cm³/mol. The predicted octanol–water partition coefficient (Wildman–Crippen LogP) is 7.18. The summed E-state index contributed by atoms with van der Waals surface area (Å²) in [7, 11) is 1.62. The summed E-state index contributed by atoms with van der Waals surface area (Å²) < 4.78 is 48.0. The highest BCUT2D eigenvalue weighted by atomic mass is 32.1. The number of nitrogens with zero attached hydrogens (tertiary/aromatic N) is 3. The van der Waals surface area contributed by atoms with Crippen molar-refractivity contribution in [1.29, 1.82) is 0 Å². The van der Waals surface area contributed by atoms with Gasteiger partial charge in [0, 0.05) is 28.7 Å². The van der Waals surface area contributed by atoms with Crippen LogP contribution in [-0.4, -0.2) is 21.6 Å². The summed E-state index contributed by atoms with van der Waals surface area (Å²) in [5, 5.41) is 4.08. The van der Waals surface area contributed by atoms with Crippen LogP contribution in [0, 0.1) is 13.8 Å². The first-order chi connectivity index (χ1) is 16.7. The zero-order chi connectivity index (χ0) is 24.7. The van der Waals surface area contributed by atoms with Crippen molar-refractivity contribution >= 4 is 22.2 Å². The van der Waals surface area contributed by atoms with Crippen molar-refractivity contribution in [3.05, 3.63) is 81.9 Å². The van der Waals surface area contributed by atoms with Crippen LogP contribution in [0.25, 0.3) is 5.69 Å². The summed E-state index contributed by atoms with van der Waals surface area (Å²) in [5.41, 5.74) is 3.81. The number of fused-ring (bicyclic) bond motifs is 1. The van der Waals surface area contributed by atoms with Gasteiger partial charge < -0.3 is 14.6 Å². The lowest BCUT2D eigenvalue weighted by molar-refractivity contribution is -0.138. The van der Waals surface area contributed by atoms with Gasteiger partial charge in [0.15, 0.2) is 5.13 Å². The highest BCUT2D eigenvalue weighted by Gasteiger charge is 2.34. The molecular weight excluding hydrogens is 473 g/mol. The van der Waals surface area contributed by atoms with Crippen LogP contribution in [0.3, 0.4) is 0 Å². The molecule has 182 valence electrons. The van der Waals surface area contributed by atoms with Gasteiger partial charge in [-0.2, -0.15) is 13.2 Å². The van der Waals surface area contributed by atoms with Crippen molar-refractivity contribution in [2.75, 3.05) is 12.4 Å².